The topological polar surface area (TPSA) is 12.0 Å². The molecule has 0 radical (unpaired) electrons. The Morgan fingerprint density at radius 3 is 2.80 bits per heavy atom. The quantitative estimate of drug-likeness (QED) is 0.826. The summed E-state index contributed by atoms with van der Waals surface area (Å²) in [6.07, 6.45) is 2.37. The van der Waals surface area contributed by atoms with Gasteiger partial charge in [-0.05, 0) is 61.1 Å². The van der Waals surface area contributed by atoms with Crippen molar-refractivity contribution in [3.8, 4) is 0 Å². The maximum Gasteiger partial charge on any atom is 0.0331 e. The van der Waals surface area contributed by atoms with Gasteiger partial charge in [0.25, 0.3) is 0 Å². The first kappa shape index (κ1) is 13.8. The smallest absolute Gasteiger partial charge is 0.0331 e. The van der Waals surface area contributed by atoms with Crippen LogP contribution in [0.5, 0.6) is 0 Å². The van der Waals surface area contributed by atoms with E-state index in [-0.39, 0.29) is 0 Å². The molecule has 0 saturated carbocycles. The highest BCUT2D eigenvalue weighted by Crippen LogP contribution is 2.34. The predicted octanol–water partition coefficient (Wildman–Crippen LogP) is 5.10. The lowest BCUT2D eigenvalue weighted by Crippen LogP contribution is -2.23. The Balaban J connectivity index is 1.79. The molecular weight excluding hydrogens is 310 g/mol. The molecule has 1 N–H and O–H groups in total. The molecule has 0 bridgehead atoms. The van der Waals surface area contributed by atoms with Gasteiger partial charge in [-0.2, -0.15) is 0 Å². The van der Waals surface area contributed by atoms with Gasteiger partial charge in [0.05, 0.1) is 0 Å². The first-order valence-corrected chi connectivity index (χ1v) is 8.04. The number of benzene rings is 2. The summed E-state index contributed by atoms with van der Waals surface area (Å²) in [5, 5.41) is 3.80. The van der Waals surface area contributed by atoms with Gasteiger partial charge in [-0.15, -0.1) is 0 Å². The molecule has 1 aliphatic carbocycles. The standard InChI is InChI=1S/C18H20BrN/c1-12-5-3-4-6-16(12)13(2)20-18-10-7-14-11-15(19)8-9-17(14)18/h3-6,8-9,11,13,18,20H,7,10H2,1-2H3/t13-,18?/m0/s1. The molecule has 104 valence electrons. The maximum absolute atomic E-state index is 3.80. The Morgan fingerprint density at radius 1 is 1.20 bits per heavy atom. The van der Waals surface area contributed by atoms with Crippen LogP contribution in [0.1, 0.15) is 47.7 Å². The minimum Gasteiger partial charge on any atom is -0.303 e. The number of hydrogen-bond donors (Lipinski definition) is 1. The van der Waals surface area contributed by atoms with Crippen molar-refractivity contribution in [1.82, 2.24) is 5.32 Å². The van der Waals surface area contributed by atoms with E-state index in [0.717, 1.165) is 0 Å². The lowest BCUT2D eigenvalue weighted by Gasteiger charge is -2.22. The van der Waals surface area contributed by atoms with Crippen LogP contribution < -0.4 is 5.32 Å². The summed E-state index contributed by atoms with van der Waals surface area (Å²) in [6.45, 7) is 4.45. The summed E-state index contributed by atoms with van der Waals surface area (Å²) in [7, 11) is 0. The second kappa shape index (κ2) is 5.71. The molecule has 2 heteroatoms. The second-order valence-corrected chi connectivity index (χ2v) is 6.60. The Morgan fingerprint density at radius 2 is 2.00 bits per heavy atom. The van der Waals surface area contributed by atoms with Crippen molar-refractivity contribution in [2.75, 3.05) is 0 Å². The normalized spacial score (nSPS) is 18.9. The van der Waals surface area contributed by atoms with Gasteiger partial charge < -0.3 is 5.32 Å². The average molecular weight is 330 g/mol. The fourth-order valence-corrected chi connectivity index (χ4v) is 3.63. The van der Waals surface area contributed by atoms with Crippen LogP contribution in [0, 0.1) is 6.92 Å². The van der Waals surface area contributed by atoms with Gasteiger partial charge in [0.1, 0.15) is 0 Å². The van der Waals surface area contributed by atoms with Gasteiger partial charge in [0, 0.05) is 16.6 Å². The number of hydrogen-bond acceptors (Lipinski definition) is 1. The van der Waals surface area contributed by atoms with Gasteiger partial charge in [0.2, 0.25) is 0 Å². The molecule has 0 aromatic heterocycles. The molecule has 0 amide bonds. The number of nitrogens with one attached hydrogen (secondary N) is 1. The van der Waals surface area contributed by atoms with E-state index in [0.29, 0.717) is 12.1 Å². The van der Waals surface area contributed by atoms with E-state index in [1.54, 1.807) is 0 Å². The fraction of sp³-hybridized carbons (Fsp3) is 0.333. The van der Waals surface area contributed by atoms with E-state index in [1.807, 2.05) is 0 Å². The maximum atomic E-state index is 3.80. The second-order valence-electron chi connectivity index (χ2n) is 5.68. The van der Waals surface area contributed by atoms with Crippen LogP contribution in [-0.2, 0) is 6.42 Å². The molecule has 1 nitrogen and oxygen atoms in total. The van der Waals surface area contributed by atoms with Crippen LogP contribution in [-0.4, -0.2) is 0 Å². The molecule has 2 atom stereocenters. The highest BCUT2D eigenvalue weighted by atomic mass is 79.9. The molecule has 0 heterocycles. The van der Waals surface area contributed by atoms with Gasteiger partial charge in [-0.3, -0.25) is 0 Å². The molecule has 0 aliphatic heterocycles. The molecule has 0 fully saturated rings. The van der Waals surface area contributed by atoms with E-state index in [4.69, 9.17) is 0 Å². The Kier molecular flexibility index (Phi) is 3.95. The summed E-state index contributed by atoms with van der Waals surface area (Å²) in [5.41, 5.74) is 5.71. The highest BCUT2D eigenvalue weighted by molar-refractivity contribution is 9.10. The monoisotopic (exact) mass is 329 g/mol. The van der Waals surface area contributed by atoms with Crippen LogP contribution in [0.15, 0.2) is 46.9 Å². The summed E-state index contributed by atoms with van der Waals surface area (Å²) in [6, 6.07) is 16.2. The van der Waals surface area contributed by atoms with Crippen LogP contribution in [0.25, 0.3) is 0 Å². The van der Waals surface area contributed by atoms with E-state index < -0.39 is 0 Å². The molecule has 1 aliphatic rings. The van der Waals surface area contributed by atoms with E-state index >= 15 is 0 Å². The van der Waals surface area contributed by atoms with Crippen LogP contribution in [0.2, 0.25) is 0 Å². The summed E-state index contributed by atoms with van der Waals surface area (Å²) < 4.78 is 1.18. The molecule has 0 saturated heterocycles. The zero-order chi connectivity index (χ0) is 14.1. The van der Waals surface area contributed by atoms with Crippen molar-refractivity contribution in [1.29, 1.82) is 0 Å². The van der Waals surface area contributed by atoms with E-state index in [2.05, 4.69) is 77.6 Å². The van der Waals surface area contributed by atoms with Crippen molar-refractivity contribution >= 4 is 15.9 Å². The summed E-state index contributed by atoms with van der Waals surface area (Å²) in [5.74, 6) is 0. The van der Waals surface area contributed by atoms with E-state index in [1.165, 1.54) is 39.6 Å². The predicted molar refractivity (Wildman–Crippen MR) is 87.9 cm³/mol. The SMILES string of the molecule is Cc1ccccc1[C@H](C)NC1CCc2cc(Br)ccc21. The third-order valence-electron chi connectivity index (χ3n) is 4.29. The largest absolute Gasteiger partial charge is 0.303 e. The van der Waals surface area contributed by atoms with Gasteiger partial charge in [-0.1, -0.05) is 46.3 Å². The fourth-order valence-electron chi connectivity index (χ4n) is 3.22. The minimum atomic E-state index is 0.385. The average Bonchev–Trinajstić information content (AvgIpc) is 2.81. The number of halogens is 1. The van der Waals surface area contributed by atoms with Crippen LogP contribution in [0.4, 0.5) is 0 Å². The van der Waals surface area contributed by atoms with Gasteiger partial charge in [0.15, 0.2) is 0 Å². The van der Waals surface area contributed by atoms with Gasteiger partial charge >= 0.3 is 0 Å². The Hall–Kier alpha value is -1.12. The summed E-state index contributed by atoms with van der Waals surface area (Å²) >= 11 is 3.56. The van der Waals surface area contributed by atoms with Crippen molar-refractivity contribution in [3.05, 3.63) is 69.2 Å². The van der Waals surface area contributed by atoms with Gasteiger partial charge in [-0.25, -0.2) is 0 Å². The minimum absolute atomic E-state index is 0.385. The molecule has 20 heavy (non-hydrogen) atoms. The van der Waals surface area contributed by atoms with E-state index in [9.17, 15) is 0 Å². The molecule has 2 aromatic rings. The van der Waals surface area contributed by atoms with Crippen LogP contribution in [0.3, 0.4) is 0 Å². The third kappa shape index (κ3) is 2.68. The lowest BCUT2D eigenvalue weighted by molar-refractivity contribution is 0.464. The number of fused-ring (bicyclic) bond motifs is 1. The van der Waals surface area contributed by atoms with Crippen molar-refractivity contribution in [2.45, 2.75) is 38.8 Å². The number of aryl methyl sites for hydroxylation is 2. The zero-order valence-electron chi connectivity index (χ0n) is 12.0. The molecule has 0 spiro atoms. The number of rotatable bonds is 3. The lowest BCUT2D eigenvalue weighted by atomic mass is 10.0. The Labute approximate surface area is 129 Å². The van der Waals surface area contributed by atoms with Crippen molar-refractivity contribution in [3.63, 3.8) is 0 Å². The van der Waals surface area contributed by atoms with Crippen molar-refractivity contribution in [2.24, 2.45) is 0 Å². The summed E-state index contributed by atoms with van der Waals surface area (Å²) in [4.78, 5) is 0. The molecule has 1 unspecified atom stereocenters. The van der Waals surface area contributed by atoms with Crippen LogP contribution >= 0.6 is 15.9 Å². The highest BCUT2D eigenvalue weighted by Gasteiger charge is 2.24. The molecule has 2 aromatic carbocycles. The first-order valence-electron chi connectivity index (χ1n) is 7.25. The van der Waals surface area contributed by atoms with Crippen molar-refractivity contribution < 1.29 is 0 Å². The zero-order valence-corrected chi connectivity index (χ0v) is 13.6. The third-order valence-corrected chi connectivity index (χ3v) is 4.78. The Bertz CT molecular complexity index is 621. The molecule has 3 rings (SSSR count). The molecular formula is C18H20BrN. The first-order chi connectivity index (χ1) is 9.65.